The van der Waals surface area contributed by atoms with Crippen molar-refractivity contribution in [2.45, 2.75) is 186 Å². The first-order chi connectivity index (χ1) is 29.6. The van der Waals surface area contributed by atoms with E-state index in [0.29, 0.717) is 32.3 Å². The molecule has 1 N–H and O–H groups in total. The summed E-state index contributed by atoms with van der Waals surface area (Å²) in [5.74, 6) is -1.18. The summed E-state index contributed by atoms with van der Waals surface area (Å²) in [6, 6.07) is 0. The minimum Gasteiger partial charge on any atom is -0.458 e. The van der Waals surface area contributed by atoms with Crippen LogP contribution >= 0.6 is 7.60 Å². The summed E-state index contributed by atoms with van der Waals surface area (Å²) in [7, 11) is -10.5. The molecular formula is C46H77F6O10PSi2. The Morgan fingerprint density at radius 2 is 1.54 bits per heavy atom. The summed E-state index contributed by atoms with van der Waals surface area (Å²) in [4.78, 5) is 13.7. The summed E-state index contributed by atoms with van der Waals surface area (Å²) in [5, 5.41) is 8.88. The molecule has 2 aliphatic rings. The van der Waals surface area contributed by atoms with Gasteiger partial charge in [0.2, 0.25) is 0 Å². The maximum Gasteiger partial charge on any atom is 0.412 e. The smallest absolute Gasteiger partial charge is 0.412 e. The Morgan fingerprint density at radius 3 is 2.08 bits per heavy atom. The second kappa shape index (κ2) is 25.1. The average molecular weight is 991 g/mol. The van der Waals surface area contributed by atoms with Crippen LogP contribution in [0.4, 0.5) is 26.3 Å². The van der Waals surface area contributed by atoms with Crippen LogP contribution in [0.3, 0.4) is 0 Å². The molecular weight excluding hydrogens is 914 g/mol. The number of aliphatic hydroxyl groups excluding tert-OH is 1. The quantitative estimate of drug-likeness (QED) is 0.0311. The molecule has 376 valence electrons. The Hall–Kier alpha value is -1.87. The molecule has 65 heavy (non-hydrogen) atoms. The largest absolute Gasteiger partial charge is 0.458 e. The van der Waals surface area contributed by atoms with Gasteiger partial charge >= 0.3 is 25.9 Å². The molecule has 0 aliphatic carbocycles. The van der Waals surface area contributed by atoms with Gasteiger partial charge in [-0.1, -0.05) is 109 Å². The third-order valence-corrected chi connectivity index (χ3v) is 22.8. The molecule has 2 rings (SSSR count). The van der Waals surface area contributed by atoms with Gasteiger partial charge in [-0.3, -0.25) is 18.4 Å². The molecule has 0 saturated heterocycles. The lowest BCUT2D eigenvalue weighted by atomic mass is 9.91. The van der Waals surface area contributed by atoms with Gasteiger partial charge in [0, 0.05) is 19.4 Å². The summed E-state index contributed by atoms with van der Waals surface area (Å²) in [5.41, 5.74) is 2.04. The van der Waals surface area contributed by atoms with E-state index in [4.69, 9.17) is 23.1 Å². The first-order valence-electron chi connectivity index (χ1n) is 22.4. The maximum atomic E-state index is 13.7. The zero-order valence-corrected chi connectivity index (χ0v) is 43.5. The van der Waals surface area contributed by atoms with Crippen molar-refractivity contribution in [3.8, 4) is 0 Å². The maximum absolute atomic E-state index is 13.7. The minimum atomic E-state index is -5.35. The van der Waals surface area contributed by atoms with Crippen molar-refractivity contribution in [1.29, 1.82) is 0 Å². The van der Waals surface area contributed by atoms with Gasteiger partial charge in [-0.15, -0.1) is 0 Å². The molecule has 0 spiro atoms. The van der Waals surface area contributed by atoms with Crippen molar-refractivity contribution in [3.63, 3.8) is 0 Å². The van der Waals surface area contributed by atoms with Gasteiger partial charge in [-0.05, 0) is 81.2 Å². The molecule has 10 nitrogen and oxygen atoms in total. The Balaban J connectivity index is 2.57. The lowest BCUT2D eigenvalue weighted by Gasteiger charge is -2.40. The molecule has 2 aliphatic heterocycles. The van der Waals surface area contributed by atoms with Crippen LogP contribution in [0.1, 0.15) is 100 Å². The fourth-order valence-electron chi connectivity index (χ4n) is 6.61. The van der Waals surface area contributed by atoms with Crippen molar-refractivity contribution < 1.29 is 72.9 Å². The summed E-state index contributed by atoms with van der Waals surface area (Å²) in [6.45, 7) is 25.1. The Kier molecular flexibility index (Phi) is 22.9. The Bertz CT molecular complexity index is 1660. The van der Waals surface area contributed by atoms with Crippen LogP contribution in [0.25, 0.3) is 0 Å². The van der Waals surface area contributed by atoms with Gasteiger partial charge in [-0.2, -0.15) is 26.3 Å². The number of halogens is 6. The number of hydrogen-bond donors (Lipinski definition) is 1. The molecule has 7 atom stereocenters. The van der Waals surface area contributed by atoms with Gasteiger partial charge in [-0.25, -0.2) is 0 Å². The van der Waals surface area contributed by atoms with E-state index in [0.717, 1.165) is 24.0 Å². The highest BCUT2D eigenvalue weighted by Gasteiger charge is 2.44. The zero-order valence-electron chi connectivity index (χ0n) is 40.6. The third-order valence-electron chi connectivity index (χ3n) is 12.1. The molecule has 0 radical (unpaired) electrons. The van der Waals surface area contributed by atoms with Crippen molar-refractivity contribution >= 4 is 30.2 Å². The van der Waals surface area contributed by atoms with Crippen molar-refractivity contribution in [2.24, 2.45) is 5.92 Å². The first-order valence-corrected chi connectivity index (χ1v) is 30.0. The molecule has 0 aromatic carbocycles. The molecule has 0 fully saturated rings. The van der Waals surface area contributed by atoms with Gasteiger partial charge in [0.05, 0.1) is 31.0 Å². The van der Waals surface area contributed by atoms with Crippen LogP contribution in [0.5, 0.6) is 0 Å². The van der Waals surface area contributed by atoms with Crippen LogP contribution in [0.15, 0.2) is 60.3 Å². The standard InChI is InChI=1S/C46H77F6O10PSi2/c1-33-23-25-56-37(27-33)20-21-41(62-65(12,13)44(7,8)9)40(60-42(54)30-63(55,57-31-45(47,48)49)58-32-46(50,51)52)19-15-18-39(61-64(10,11)43(4,5)6)29-35(3)26-34(2)28-38-17-14-16-36(59-38)22-24-53/h14-16,18,20-21,23,34,36-41,53H,3,17,19,22,24-32H2,1-2,4-13H3/t34-,36-,37+,38-,39?,40-,41?/m0/s1. The molecule has 2 heterocycles. The second-order valence-corrected chi connectivity index (χ2v) is 32.0. The van der Waals surface area contributed by atoms with E-state index in [-0.39, 0.29) is 47.3 Å². The van der Waals surface area contributed by atoms with E-state index in [2.05, 4.69) is 62.5 Å². The van der Waals surface area contributed by atoms with Crippen molar-refractivity contribution in [2.75, 3.05) is 32.6 Å². The van der Waals surface area contributed by atoms with Crippen LogP contribution in [0.2, 0.25) is 36.3 Å². The topological polar surface area (TPSA) is 119 Å². The van der Waals surface area contributed by atoms with E-state index < -0.39 is 80.2 Å². The van der Waals surface area contributed by atoms with E-state index >= 15 is 0 Å². The predicted molar refractivity (Wildman–Crippen MR) is 248 cm³/mol. The summed E-state index contributed by atoms with van der Waals surface area (Å²) < 4.78 is 133. The Morgan fingerprint density at radius 1 is 0.954 bits per heavy atom. The highest BCUT2D eigenvalue weighted by Crippen LogP contribution is 2.50. The van der Waals surface area contributed by atoms with E-state index in [1.54, 1.807) is 18.2 Å². The van der Waals surface area contributed by atoms with Gasteiger partial charge in [0.15, 0.2) is 29.8 Å². The van der Waals surface area contributed by atoms with Gasteiger partial charge in [0.1, 0.15) is 18.4 Å². The average Bonchev–Trinajstić information content (AvgIpc) is 3.13. The monoisotopic (exact) mass is 990 g/mol. The highest BCUT2D eigenvalue weighted by atomic mass is 31.2. The molecule has 0 bridgehead atoms. The SMILES string of the molecule is C=C(CC(C=CC[C@H](OC(=O)CP(=O)(OCC(F)(F)F)OCC(F)(F)F)C(C=C[C@@H]1CC(C)=CCO1)O[Si](C)(C)C(C)(C)C)O[Si](C)(C)C(C)(C)C)C[C@H](C)C[C@@H]1CC=C[C@@H](CCO)O1. The number of carbonyl (C=O) groups excluding carboxylic acids is 1. The zero-order chi connectivity index (χ0) is 49.7. The Labute approximate surface area is 386 Å². The summed E-state index contributed by atoms with van der Waals surface area (Å²) >= 11 is 0. The van der Waals surface area contributed by atoms with E-state index in [9.17, 15) is 40.8 Å². The second-order valence-electron chi connectivity index (χ2n) is 20.5. The van der Waals surface area contributed by atoms with Crippen LogP contribution in [-0.2, 0) is 41.5 Å². The number of aliphatic hydroxyl groups is 1. The fourth-order valence-corrected chi connectivity index (χ4v) is 10.5. The number of esters is 1. The number of rotatable bonds is 25. The summed E-state index contributed by atoms with van der Waals surface area (Å²) in [6.07, 6.45) is 2.10. The lowest BCUT2D eigenvalue weighted by Crippen LogP contribution is -2.47. The fraction of sp³-hybridized carbons (Fsp3) is 0.761. The minimum absolute atomic E-state index is 0.0141. The van der Waals surface area contributed by atoms with Crippen LogP contribution in [0, 0.1) is 5.92 Å². The number of hydrogen-bond acceptors (Lipinski definition) is 10. The number of carbonyl (C=O) groups is 1. The normalized spacial score (nSPS) is 21.6. The molecule has 19 heteroatoms. The third kappa shape index (κ3) is 22.9. The van der Waals surface area contributed by atoms with E-state index in [1.165, 1.54) is 0 Å². The van der Waals surface area contributed by atoms with E-state index in [1.807, 2.05) is 59.0 Å². The van der Waals surface area contributed by atoms with Gasteiger partial charge in [0.25, 0.3) is 0 Å². The highest BCUT2D eigenvalue weighted by molar-refractivity contribution is 7.54. The van der Waals surface area contributed by atoms with Crippen molar-refractivity contribution in [3.05, 3.63) is 60.3 Å². The van der Waals surface area contributed by atoms with Gasteiger partial charge < -0.3 is 28.2 Å². The molecule has 0 aromatic rings. The molecule has 0 saturated carbocycles. The van der Waals surface area contributed by atoms with Crippen LogP contribution in [-0.4, -0.2) is 109 Å². The lowest BCUT2D eigenvalue weighted by molar-refractivity contribution is -0.167. The molecule has 0 amide bonds. The number of alkyl halides is 6. The van der Waals surface area contributed by atoms with Crippen molar-refractivity contribution in [1.82, 2.24) is 0 Å². The van der Waals surface area contributed by atoms with Crippen LogP contribution < -0.4 is 0 Å². The molecule has 2 unspecified atom stereocenters. The predicted octanol–water partition coefficient (Wildman–Crippen LogP) is 12.7. The molecule has 0 aromatic heterocycles. The first kappa shape index (κ1) is 59.3. The number of ether oxygens (including phenoxy) is 3.